The molecule has 3 aromatic carbocycles. The number of nitrogens with two attached hydrogens (primary N) is 2. The van der Waals surface area contributed by atoms with Crippen molar-refractivity contribution < 1.29 is 28.7 Å². The predicted octanol–water partition coefficient (Wildman–Crippen LogP) is 6.61. The van der Waals surface area contributed by atoms with Gasteiger partial charge >= 0.3 is 0 Å². The molecule has 0 radical (unpaired) electrons. The van der Waals surface area contributed by atoms with Gasteiger partial charge in [-0.25, -0.2) is 5.84 Å². The Kier molecular flexibility index (Phi) is 15.2. The molecule has 10 rings (SSSR count). The highest BCUT2D eigenvalue weighted by Crippen LogP contribution is 2.54. The van der Waals surface area contributed by atoms with Crippen molar-refractivity contribution in [3.63, 3.8) is 0 Å². The lowest BCUT2D eigenvalue weighted by atomic mass is 9.77. The zero-order valence-corrected chi connectivity index (χ0v) is 45.5. The third kappa shape index (κ3) is 10.6. The lowest BCUT2D eigenvalue weighted by molar-refractivity contribution is -0.147. The Hall–Kier alpha value is -6.54. The van der Waals surface area contributed by atoms with Crippen molar-refractivity contribution >= 4 is 81.2 Å². The number of aryl methyl sites for hydroxylation is 2. The number of hydrogen-bond donors (Lipinski definition) is 5. The Morgan fingerprint density at radius 3 is 2.45 bits per heavy atom. The molecular formula is C55H64Cl2N12O6S. The van der Waals surface area contributed by atoms with Crippen molar-refractivity contribution in [1.82, 2.24) is 40.5 Å². The molecule has 2 aliphatic carbocycles. The number of nitrogens with zero attached hydrogens (tertiary/aromatic N) is 7. The third-order valence-electron chi connectivity index (χ3n) is 15.9. The molecule has 2 saturated carbocycles. The van der Waals surface area contributed by atoms with Gasteiger partial charge in [0.2, 0.25) is 29.5 Å². The van der Waals surface area contributed by atoms with E-state index >= 15 is 0 Å². The number of carbonyl (C=O) groups excluding carboxylic acids is 5. The number of nitrogens with one attached hydrogen (secondary N) is 3. The molecular weight excluding hydrogens is 1030 g/mol. The molecule has 4 atom stereocenters. The van der Waals surface area contributed by atoms with Crippen LogP contribution in [-0.2, 0) is 37.0 Å². The number of anilines is 2. The lowest BCUT2D eigenvalue weighted by Crippen LogP contribution is -2.50. The Bertz CT molecular complexity index is 3140. The summed E-state index contributed by atoms with van der Waals surface area (Å²) in [6, 6.07) is 15.3. The summed E-state index contributed by atoms with van der Waals surface area (Å²) in [4.78, 5) is 77.9. The Morgan fingerprint density at radius 1 is 0.961 bits per heavy atom. The summed E-state index contributed by atoms with van der Waals surface area (Å²) >= 11 is 14.8. The number of likely N-dealkylation sites (tertiary alicyclic amines) is 1. The van der Waals surface area contributed by atoms with Gasteiger partial charge in [-0.3, -0.25) is 33.5 Å². The van der Waals surface area contributed by atoms with E-state index in [1.54, 1.807) is 30.5 Å². The number of hydrogen-bond acceptors (Lipinski definition) is 13. The number of halogens is 2. The van der Waals surface area contributed by atoms with Gasteiger partial charge in [0.25, 0.3) is 0 Å². The van der Waals surface area contributed by atoms with Crippen molar-refractivity contribution in [3.05, 3.63) is 115 Å². The van der Waals surface area contributed by atoms with Crippen LogP contribution in [0.5, 0.6) is 5.75 Å². The fourth-order valence-electron chi connectivity index (χ4n) is 11.5. The maximum Gasteiger partial charge on any atom is 0.239 e. The van der Waals surface area contributed by atoms with E-state index in [2.05, 4.69) is 40.0 Å². The molecule has 4 unspecified atom stereocenters. The second-order valence-corrected chi connectivity index (χ2v) is 23.0. The molecule has 5 heterocycles. The number of aromatic nitrogens is 3. The van der Waals surface area contributed by atoms with Gasteiger partial charge < -0.3 is 41.2 Å². The normalized spacial score (nSPS) is 20.2. The number of aliphatic imine (C=N–C) groups is 1. The third-order valence-corrected chi connectivity index (χ3v) is 17.7. The number of fused-ring (bicyclic) bond motifs is 4. The van der Waals surface area contributed by atoms with E-state index in [4.69, 9.17) is 44.5 Å². The second-order valence-electron chi connectivity index (χ2n) is 20.9. The summed E-state index contributed by atoms with van der Waals surface area (Å²) < 4.78 is 8.58. The number of nitrogen functional groups attached to an aromatic ring is 1. The number of thiophene rings is 1. The van der Waals surface area contributed by atoms with Gasteiger partial charge in [0.15, 0.2) is 5.82 Å². The minimum atomic E-state index is -0.688. The zero-order chi connectivity index (χ0) is 53.6. The fraction of sp³-hybridized carbons (Fsp3) is 0.455. The van der Waals surface area contributed by atoms with Gasteiger partial charge in [0.05, 0.1) is 42.6 Å². The lowest BCUT2D eigenvalue weighted by Gasteiger charge is -2.43. The van der Waals surface area contributed by atoms with E-state index < -0.39 is 29.8 Å². The SMILES string of the molecule is CNC(=O)C1CCCCC1C(=O)N1CCc2c(Cl)ccc(OCc3ccc(N(N)CCNC(=O)CNC(=O)CC4N=C(c5ccc(Cl)cc5)c5c(sc(C)c5C)-n5c(C)nnc54)c(N)c3)c2C1CN1CC2(CC2)CC1=O. The zero-order valence-electron chi connectivity index (χ0n) is 43.2. The molecule has 1 spiro atoms. The molecule has 400 valence electrons. The quantitative estimate of drug-likeness (QED) is 0.0401. The van der Waals surface area contributed by atoms with E-state index in [-0.39, 0.29) is 61.7 Å². The van der Waals surface area contributed by atoms with E-state index in [0.717, 1.165) is 74.7 Å². The van der Waals surface area contributed by atoms with Crippen LogP contribution in [0, 0.1) is 38.0 Å². The Balaban J connectivity index is 0.765. The number of ether oxygens (including phenoxy) is 1. The molecule has 76 heavy (non-hydrogen) atoms. The number of hydrazine groups is 1. The monoisotopic (exact) mass is 1090 g/mol. The van der Waals surface area contributed by atoms with Gasteiger partial charge in [-0.05, 0) is 111 Å². The van der Waals surface area contributed by atoms with E-state index in [0.29, 0.717) is 84.1 Å². The first-order valence-corrected chi connectivity index (χ1v) is 27.6. The Labute approximate surface area is 455 Å². The molecule has 2 aromatic heterocycles. The maximum absolute atomic E-state index is 14.7. The van der Waals surface area contributed by atoms with Gasteiger partial charge in [-0.2, -0.15) is 0 Å². The molecule has 0 bridgehead atoms. The van der Waals surface area contributed by atoms with Gasteiger partial charge in [-0.15, -0.1) is 21.5 Å². The van der Waals surface area contributed by atoms with Crippen molar-refractivity contribution in [2.45, 2.75) is 97.2 Å². The molecule has 21 heteroatoms. The standard InChI is InChI=1S/C55H64Cl2N12O6S/c1-30-31(2)76-54-48(30)50(34-10-12-35(56)13-11-34)63-41(51-65-64-32(3)69(51)54)24-45(70)62-26-46(71)61-20-22-68(59)42-15-9-33(23-40(42)58)28-75-44-16-14-39(57)38-17-21-67(53(74)37-8-6-5-7-36(37)52(73)60-4)43(49(38)44)27-66-29-55(18-19-55)25-47(66)72/h9-16,23,36-37,41,43H,5-8,17-22,24-29,58-59H2,1-4H3,(H,60,73)(H,61,71)(H,62,70). The van der Waals surface area contributed by atoms with E-state index in [1.807, 2.05) is 63.8 Å². The number of rotatable bonds is 16. The van der Waals surface area contributed by atoms with E-state index in [1.165, 1.54) is 5.01 Å². The van der Waals surface area contributed by atoms with Crippen LogP contribution < -0.4 is 37.3 Å². The van der Waals surface area contributed by atoms with Crippen LogP contribution in [0.4, 0.5) is 11.4 Å². The molecule has 5 aromatic rings. The van der Waals surface area contributed by atoms with Crippen LogP contribution in [0.3, 0.4) is 0 Å². The van der Waals surface area contributed by atoms with Crippen LogP contribution >= 0.6 is 34.5 Å². The van der Waals surface area contributed by atoms with Gasteiger partial charge in [0, 0.05) is 83.1 Å². The summed E-state index contributed by atoms with van der Waals surface area (Å²) in [6.45, 7) is 7.61. The molecule has 3 aliphatic heterocycles. The van der Waals surface area contributed by atoms with Crippen LogP contribution in [0.1, 0.15) is 113 Å². The van der Waals surface area contributed by atoms with Gasteiger partial charge in [0.1, 0.15) is 29.2 Å². The van der Waals surface area contributed by atoms with Crippen molar-refractivity contribution in [3.8, 4) is 10.8 Å². The molecule has 5 amide bonds. The van der Waals surface area contributed by atoms with Crippen molar-refractivity contribution in [1.29, 1.82) is 0 Å². The number of carbonyl (C=O) groups is 5. The highest BCUT2D eigenvalue weighted by Gasteiger charge is 2.53. The van der Waals surface area contributed by atoms with Crippen LogP contribution in [0.2, 0.25) is 10.0 Å². The van der Waals surface area contributed by atoms with Crippen molar-refractivity contribution in [2.75, 3.05) is 57.1 Å². The van der Waals surface area contributed by atoms with Crippen LogP contribution in [0.15, 0.2) is 59.6 Å². The topological polar surface area (TPSA) is 235 Å². The molecule has 5 aliphatic rings. The summed E-state index contributed by atoms with van der Waals surface area (Å²) in [7, 11) is 1.62. The second kappa shape index (κ2) is 21.8. The summed E-state index contributed by atoms with van der Waals surface area (Å²) in [6.07, 6.45) is 6.01. The molecule has 18 nitrogen and oxygen atoms in total. The first-order chi connectivity index (χ1) is 36.5. The van der Waals surface area contributed by atoms with Crippen LogP contribution in [-0.4, -0.2) is 106 Å². The summed E-state index contributed by atoms with van der Waals surface area (Å²) in [5, 5.41) is 20.7. The summed E-state index contributed by atoms with van der Waals surface area (Å²) in [5.74, 6) is 6.48. The predicted molar refractivity (Wildman–Crippen MR) is 293 cm³/mol. The minimum Gasteiger partial charge on any atom is -0.489 e. The summed E-state index contributed by atoms with van der Waals surface area (Å²) in [5.41, 5.74) is 13.6. The number of benzene rings is 3. The first kappa shape index (κ1) is 52.9. The largest absolute Gasteiger partial charge is 0.489 e. The highest BCUT2D eigenvalue weighted by molar-refractivity contribution is 7.15. The first-order valence-electron chi connectivity index (χ1n) is 26.1. The number of amides is 5. The molecule has 3 fully saturated rings. The average molecular weight is 1090 g/mol. The average Bonchev–Trinajstić information content (AvgIpc) is 3.92. The maximum atomic E-state index is 14.7. The molecule has 7 N–H and O–H groups in total. The molecule has 1 saturated heterocycles. The fourth-order valence-corrected chi connectivity index (χ4v) is 13.1. The van der Waals surface area contributed by atoms with E-state index in [9.17, 15) is 24.0 Å². The van der Waals surface area contributed by atoms with Crippen LogP contribution in [0.25, 0.3) is 5.00 Å². The smallest absolute Gasteiger partial charge is 0.239 e. The highest BCUT2D eigenvalue weighted by atomic mass is 35.5. The van der Waals surface area contributed by atoms with Crippen molar-refractivity contribution in [2.24, 2.45) is 28.1 Å². The van der Waals surface area contributed by atoms with Gasteiger partial charge in [-0.1, -0.05) is 54.2 Å². The minimum absolute atomic E-state index is 0.0282. The Morgan fingerprint density at radius 2 is 1.72 bits per heavy atom.